The third-order valence-electron chi connectivity index (χ3n) is 16.6. The first kappa shape index (κ1) is 42.5. The first-order valence-corrected chi connectivity index (χ1v) is 25.9. The van der Waals surface area contributed by atoms with Crippen LogP contribution in [0.5, 0.6) is 0 Å². The lowest BCUT2D eigenvalue weighted by atomic mass is 9.36. The Morgan fingerprint density at radius 1 is 0.493 bits per heavy atom. The van der Waals surface area contributed by atoms with E-state index in [0.717, 1.165) is 0 Å². The van der Waals surface area contributed by atoms with Gasteiger partial charge in [0, 0.05) is 54.1 Å². The van der Waals surface area contributed by atoms with Gasteiger partial charge >= 0.3 is 0 Å². The standard InChI is InChI=1S/C64H60BN3S/c1-39-33-55-58-56(34-39)68(51-26-18-20-40-19-14-15-23-44(40)51)54-38-53-49(64(9,10)47-24-16-17-25-52(47)66(53)42-21-12-11-13-22-42)37-50(54)65(58)60-59(45-35-41(61(2,3)4)27-30-57(45)69-60)67(55)43-28-29-46-48(36-43)63(7,8)32-31-62(46,5)6/h11-30,33-38H,31-32H2,1-10H3. The quantitative estimate of drug-likeness (QED) is 0.164. The molecular weight excluding hydrogens is 854 g/mol. The molecule has 340 valence electrons. The molecule has 0 saturated carbocycles. The minimum Gasteiger partial charge on any atom is -0.311 e. The summed E-state index contributed by atoms with van der Waals surface area (Å²) in [7, 11) is 0. The number of para-hydroxylation sites is 2. The zero-order valence-electron chi connectivity index (χ0n) is 41.8. The summed E-state index contributed by atoms with van der Waals surface area (Å²) in [5, 5.41) is 3.82. The molecule has 4 aliphatic rings. The summed E-state index contributed by atoms with van der Waals surface area (Å²) in [5.74, 6) is 0. The van der Waals surface area contributed by atoms with E-state index in [0.29, 0.717) is 0 Å². The Bertz CT molecular complexity index is 3620. The summed E-state index contributed by atoms with van der Waals surface area (Å²) < 4.78 is 2.75. The van der Waals surface area contributed by atoms with Gasteiger partial charge in [0.15, 0.2) is 0 Å². The van der Waals surface area contributed by atoms with Crippen molar-refractivity contribution in [3.8, 4) is 0 Å². The molecule has 0 saturated heterocycles. The molecule has 0 radical (unpaired) electrons. The van der Waals surface area contributed by atoms with Crippen molar-refractivity contribution in [2.45, 2.75) is 104 Å². The van der Waals surface area contributed by atoms with E-state index in [2.05, 4.69) is 242 Å². The lowest BCUT2D eigenvalue weighted by Gasteiger charge is -2.47. The molecule has 1 aromatic heterocycles. The fourth-order valence-corrected chi connectivity index (χ4v) is 14.1. The molecule has 69 heavy (non-hydrogen) atoms. The molecule has 4 heterocycles. The van der Waals surface area contributed by atoms with Crippen molar-refractivity contribution in [2.75, 3.05) is 14.7 Å². The Balaban J connectivity index is 1.17. The summed E-state index contributed by atoms with van der Waals surface area (Å²) in [6.07, 6.45) is 2.36. The maximum Gasteiger partial charge on any atom is 0.264 e. The van der Waals surface area contributed by atoms with Crippen LogP contribution in [0.4, 0.5) is 51.2 Å². The summed E-state index contributed by atoms with van der Waals surface area (Å²) in [6.45, 7) is 24.0. The van der Waals surface area contributed by atoms with Gasteiger partial charge < -0.3 is 14.7 Å². The molecule has 0 unspecified atom stereocenters. The first-order valence-electron chi connectivity index (χ1n) is 25.1. The number of benzene rings is 8. The van der Waals surface area contributed by atoms with E-state index in [9.17, 15) is 0 Å². The molecule has 13 rings (SSSR count). The largest absolute Gasteiger partial charge is 0.311 e. The van der Waals surface area contributed by atoms with Gasteiger partial charge in [-0.25, -0.2) is 0 Å². The summed E-state index contributed by atoms with van der Waals surface area (Å²) in [5.41, 5.74) is 22.1. The van der Waals surface area contributed by atoms with Crippen LogP contribution in [-0.2, 0) is 21.7 Å². The third kappa shape index (κ3) is 6.11. The van der Waals surface area contributed by atoms with Crippen molar-refractivity contribution >= 4 is 106 Å². The molecule has 0 spiro atoms. The molecule has 0 atom stereocenters. The highest BCUT2D eigenvalue weighted by Gasteiger charge is 2.48. The second-order valence-corrected chi connectivity index (χ2v) is 24.4. The SMILES string of the molecule is Cc1cc2c3c(c1)N(c1ccc4c(c1)C(C)(C)CCC4(C)C)c1c(sc4ccc(C(C)(C)C)cc14)B3c1cc3c(cc1N2c1cccc2ccccc12)N(c1ccccc1)c1ccccc1C3(C)C. The Hall–Kier alpha value is -6.56. The smallest absolute Gasteiger partial charge is 0.264 e. The van der Waals surface area contributed by atoms with E-state index in [1.807, 2.05) is 11.3 Å². The van der Waals surface area contributed by atoms with E-state index in [-0.39, 0.29) is 28.4 Å². The molecular formula is C64H60BN3S. The van der Waals surface area contributed by atoms with Gasteiger partial charge in [0.05, 0.1) is 22.7 Å². The van der Waals surface area contributed by atoms with E-state index in [1.165, 1.54) is 134 Å². The molecule has 9 aromatic rings. The van der Waals surface area contributed by atoms with Gasteiger partial charge in [0.2, 0.25) is 0 Å². The highest BCUT2D eigenvalue weighted by atomic mass is 32.1. The van der Waals surface area contributed by atoms with Gasteiger partial charge in [-0.05, 0) is 152 Å². The number of thiophene rings is 1. The van der Waals surface area contributed by atoms with Gasteiger partial charge in [0.25, 0.3) is 6.71 Å². The maximum absolute atomic E-state index is 2.70. The van der Waals surface area contributed by atoms with Crippen LogP contribution in [0.25, 0.3) is 20.9 Å². The Morgan fingerprint density at radius 3 is 1.96 bits per heavy atom. The van der Waals surface area contributed by atoms with Crippen molar-refractivity contribution < 1.29 is 0 Å². The van der Waals surface area contributed by atoms with E-state index in [4.69, 9.17) is 0 Å². The van der Waals surface area contributed by atoms with Crippen molar-refractivity contribution in [1.29, 1.82) is 0 Å². The minimum atomic E-state index is -0.276. The van der Waals surface area contributed by atoms with Gasteiger partial charge in [-0.15, -0.1) is 11.3 Å². The summed E-state index contributed by atoms with van der Waals surface area (Å²) in [4.78, 5) is 7.86. The summed E-state index contributed by atoms with van der Waals surface area (Å²) in [6, 6.07) is 60.9. The molecule has 5 heteroatoms. The predicted molar refractivity (Wildman–Crippen MR) is 299 cm³/mol. The van der Waals surface area contributed by atoms with E-state index < -0.39 is 0 Å². The average molecular weight is 914 g/mol. The van der Waals surface area contributed by atoms with Gasteiger partial charge in [-0.2, -0.15) is 0 Å². The number of nitrogens with zero attached hydrogens (tertiary/aromatic N) is 3. The van der Waals surface area contributed by atoms with Crippen molar-refractivity contribution in [3.63, 3.8) is 0 Å². The summed E-state index contributed by atoms with van der Waals surface area (Å²) >= 11 is 2.00. The average Bonchev–Trinajstić information content (AvgIpc) is 3.71. The fraction of sp³-hybridized carbons (Fsp3) is 0.250. The van der Waals surface area contributed by atoms with Gasteiger partial charge in [-0.1, -0.05) is 153 Å². The molecule has 3 nitrogen and oxygen atoms in total. The van der Waals surface area contributed by atoms with Gasteiger partial charge in [0.1, 0.15) is 0 Å². The number of aryl methyl sites for hydroxylation is 1. The molecule has 0 bridgehead atoms. The number of fused-ring (bicyclic) bond motifs is 10. The normalized spacial score (nSPS) is 17.0. The monoisotopic (exact) mass is 913 g/mol. The van der Waals surface area contributed by atoms with Crippen molar-refractivity contribution in [1.82, 2.24) is 0 Å². The lowest BCUT2D eigenvalue weighted by Crippen LogP contribution is -2.60. The van der Waals surface area contributed by atoms with Crippen LogP contribution in [0.3, 0.4) is 0 Å². The Kier molecular flexibility index (Phi) is 8.94. The highest BCUT2D eigenvalue weighted by molar-refractivity contribution is 7.33. The van der Waals surface area contributed by atoms with Crippen LogP contribution in [0, 0.1) is 6.92 Å². The first-order chi connectivity index (χ1) is 33.0. The van der Waals surface area contributed by atoms with Crippen LogP contribution in [0.2, 0.25) is 0 Å². The maximum atomic E-state index is 2.70. The van der Waals surface area contributed by atoms with Crippen LogP contribution in [-0.4, -0.2) is 6.71 Å². The second kappa shape index (κ2) is 14.5. The minimum absolute atomic E-state index is 0.00462. The topological polar surface area (TPSA) is 9.72 Å². The molecule has 0 N–H and O–H groups in total. The van der Waals surface area contributed by atoms with Crippen molar-refractivity contribution in [3.05, 3.63) is 191 Å². The second-order valence-electron chi connectivity index (χ2n) is 23.3. The Labute approximate surface area is 413 Å². The number of hydrogen-bond acceptors (Lipinski definition) is 4. The fourth-order valence-electron chi connectivity index (χ4n) is 12.8. The van der Waals surface area contributed by atoms with E-state index in [1.54, 1.807) is 0 Å². The van der Waals surface area contributed by atoms with Crippen LogP contribution >= 0.6 is 11.3 Å². The van der Waals surface area contributed by atoms with Gasteiger partial charge in [-0.3, -0.25) is 0 Å². The van der Waals surface area contributed by atoms with Crippen LogP contribution in [0.15, 0.2) is 158 Å². The molecule has 0 amide bonds. The van der Waals surface area contributed by atoms with Crippen LogP contribution in [0.1, 0.15) is 109 Å². The van der Waals surface area contributed by atoms with Crippen LogP contribution < -0.4 is 30.4 Å². The Morgan fingerprint density at radius 2 is 1.17 bits per heavy atom. The lowest BCUT2D eigenvalue weighted by molar-refractivity contribution is 0.332. The molecule has 1 aliphatic carbocycles. The third-order valence-corrected chi connectivity index (χ3v) is 17.9. The molecule has 3 aliphatic heterocycles. The molecule has 0 fully saturated rings. The highest BCUT2D eigenvalue weighted by Crippen LogP contribution is 2.56. The number of anilines is 9. The molecule has 8 aromatic carbocycles. The number of hydrogen-bond donors (Lipinski definition) is 0. The van der Waals surface area contributed by atoms with E-state index >= 15 is 0 Å². The zero-order chi connectivity index (χ0) is 47.5. The number of rotatable bonds is 3. The van der Waals surface area contributed by atoms with Crippen molar-refractivity contribution in [2.24, 2.45) is 0 Å². The predicted octanol–water partition coefficient (Wildman–Crippen LogP) is 16.2. The zero-order valence-corrected chi connectivity index (χ0v) is 42.6.